The van der Waals surface area contributed by atoms with Crippen LogP contribution in [0.3, 0.4) is 0 Å². The van der Waals surface area contributed by atoms with E-state index in [0.717, 1.165) is 11.1 Å². The SMILES string of the molecule is CCOc1ccc([C@H](C)NC(=O)Cc2ccccc2Cl)cc1OCC. The number of carbonyl (C=O) groups excluding carboxylic acids is 1. The van der Waals surface area contributed by atoms with Crippen molar-refractivity contribution in [1.82, 2.24) is 5.32 Å². The molecule has 134 valence electrons. The summed E-state index contributed by atoms with van der Waals surface area (Å²) in [5.74, 6) is 1.32. The number of halogens is 1. The third kappa shape index (κ3) is 5.40. The molecule has 0 saturated carbocycles. The Morgan fingerprint density at radius 3 is 2.44 bits per heavy atom. The number of ether oxygens (including phenoxy) is 2. The highest BCUT2D eigenvalue weighted by Gasteiger charge is 2.14. The van der Waals surface area contributed by atoms with Crippen molar-refractivity contribution < 1.29 is 14.3 Å². The molecule has 0 aliphatic heterocycles. The lowest BCUT2D eigenvalue weighted by Crippen LogP contribution is -2.28. The summed E-state index contributed by atoms with van der Waals surface area (Å²) in [5.41, 5.74) is 1.77. The Kier molecular flexibility index (Phi) is 7.14. The molecule has 0 fully saturated rings. The van der Waals surface area contributed by atoms with Crippen LogP contribution in [0.2, 0.25) is 5.02 Å². The summed E-state index contributed by atoms with van der Waals surface area (Å²) in [7, 11) is 0. The first-order chi connectivity index (χ1) is 12.0. The molecule has 0 aliphatic rings. The predicted octanol–water partition coefficient (Wildman–Crippen LogP) is 4.56. The van der Waals surface area contributed by atoms with E-state index in [4.69, 9.17) is 21.1 Å². The maximum Gasteiger partial charge on any atom is 0.224 e. The second kappa shape index (κ2) is 9.33. The van der Waals surface area contributed by atoms with Gasteiger partial charge in [0.15, 0.2) is 11.5 Å². The molecule has 25 heavy (non-hydrogen) atoms. The Morgan fingerprint density at radius 1 is 1.08 bits per heavy atom. The molecule has 0 heterocycles. The van der Waals surface area contributed by atoms with Crippen molar-refractivity contribution in [2.24, 2.45) is 0 Å². The van der Waals surface area contributed by atoms with Crippen LogP contribution in [0.1, 0.15) is 37.9 Å². The molecule has 2 aromatic carbocycles. The summed E-state index contributed by atoms with van der Waals surface area (Å²) < 4.78 is 11.2. The third-order valence-corrected chi connectivity index (χ3v) is 4.12. The van der Waals surface area contributed by atoms with E-state index in [-0.39, 0.29) is 18.4 Å². The molecule has 2 aromatic rings. The van der Waals surface area contributed by atoms with Crippen LogP contribution >= 0.6 is 11.6 Å². The van der Waals surface area contributed by atoms with E-state index >= 15 is 0 Å². The molecule has 0 aliphatic carbocycles. The van der Waals surface area contributed by atoms with Crippen molar-refractivity contribution in [1.29, 1.82) is 0 Å². The van der Waals surface area contributed by atoms with Crippen molar-refractivity contribution >= 4 is 17.5 Å². The van der Waals surface area contributed by atoms with Crippen molar-refractivity contribution in [3.05, 3.63) is 58.6 Å². The van der Waals surface area contributed by atoms with Crippen molar-refractivity contribution in [2.75, 3.05) is 13.2 Å². The molecule has 0 aromatic heterocycles. The monoisotopic (exact) mass is 361 g/mol. The van der Waals surface area contributed by atoms with Gasteiger partial charge in [-0.3, -0.25) is 4.79 Å². The second-order valence-corrected chi connectivity index (χ2v) is 6.04. The summed E-state index contributed by atoms with van der Waals surface area (Å²) >= 11 is 6.11. The topological polar surface area (TPSA) is 47.6 Å². The van der Waals surface area contributed by atoms with Gasteiger partial charge in [-0.15, -0.1) is 0 Å². The largest absolute Gasteiger partial charge is 0.490 e. The fraction of sp³-hybridized carbons (Fsp3) is 0.350. The van der Waals surface area contributed by atoms with E-state index in [1.165, 1.54) is 0 Å². The Hall–Kier alpha value is -2.20. The number of rotatable bonds is 8. The number of nitrogens with one attached hydrogen (secondary N) is 1. The molecule has 0 saturated heterocycles. The zero-order valence-electron chi connectivity index (χ0n) is 14.8. The molecule has 5 heteroatoms. The van der Waals surface area contributed by atoms with Crippen molar-refractivity contribution in [2.45, 2.75) is 33.2 Å². The molecule has 0 spiro atoms. The summed E-state index contributed by atoms with van der Waals surface area (Å²) in [4.78, 5) is 12.3. The number of amides is 1. The number of benzene rings is 2. The lowest BCUT2D eigenvalue weighted by Gasteiger charge is -2.17. The summed E-state index contributed by atoms with van der Waals surface area (Å²) in [5, 5.41) is 3.60. The van der Waals surface area contributed by atoms with Crippen molar-refractivity contribution in [3.63, 3.8) is 0 Å². The Balaban J connectivity index is 2.06. The van der Waals surface area contributed by atoms with Gasteiger partial charge < -0.3 is 14.8 Å². The molecule has 0 unspecified atom stereocenters. The zero-order valence-corrected chi connectivity index (χ0v) is 15.6. The normalized spacial score (nSPS) is 11.7. The van der Waals surface area contributed by atoms with E-state index in [0.29, 0.717) is 29.7 Å². The lowest BCUT2D eigenvalue weighted by molar-refractivity contribution is -0.121. The Morgan fingerprint density at radius 2 is 1.76 bits per heavy atom. The summed E-state index contributed by atoms with van der Waals surface area (Å²) in [6, 6.07) is 12.9. The smallest absolute Gasteiger partial charge is 0.224 e. The van der Waals surface area contributed by atoms with Gasteiger partial charge in [-0.05, 0) is 50.1 Å². The average molecular weight is 362 g/mol. The molecule has 0 radical (unpaired) electrons. The van der Waals surface area contributed by atoms with Gasteiger partial charge in [-0.1, -0.05) is 35.9 Å². The minimum absolute atomic E-state index is 0.0764. The lowest BCUT2D eigenvalue weighted by atomic mass is 10.1. The van der Waals surface area contributed by atoms with Gasteiger partial charge in [0.25, 0.3) is 0 Å². The molecule has 1 N–H and O–H groups in total. The Labute approximate surface area is 154 Å². The van der Waals surface area contributed by atoms with Crippen LogP contribution in [0.4, 0.5) is 0 Å². The van der Waals surface area contributed by atoms with Gasteiger partial charge in [0, 0.05) is 5.02 Å². The van der Waals surface area contributed by atoms with E-state index in [1.807, 2.05) is 57.2 Å². The highest BCUT2D eigenvalue weighted by atomic mass is 35.5. The van der Waals surface area contributed by atoms with Gasteiger partial charge >= 0.3 is 0 Å². The zero-order chi connectivity index (χ0) is 18.2. The van der Waals surface area contributed by atoms with Crippen LogP contribution in [0, 0.1) is 0 Å². The Bertz CT molecular complexity index is 718. The molecular weight excluding hydrogens is 338 g/mol. The fourth-order valence-corrected chi connectivity index (χ4v) is 2.73. The fourth-order valence-electron chi connectivity index (χ4n) is 2.53. The highest BCUT2D eigenvalue weighted by Crippen LogP contribution is 2.30. The second-order valence-electron chi connectivity index (χ2n) is 5.63. The maximum absolute atomic E-state index is 12.3. The standard InChI is InChI=1S/C20H24ClNO3/c1-4-24-18-11-10-15(12-19(18)25-5-2)14(3)22-20(23)13-16-8-6-7-9-17(16)21/h6-12,14H,4-5,13H2,1-3H3,(H,22,23)/t14-/m0/s1. The van der Waals surface area contributed by atoms with Gasteiger partial charge in [0.1, 0.15) is 0 Å². The quantitative estimate of drug-likeness (QED) is 0.749. The number of carbonyl (C=O) groups is 1. The number of hydrogen-bond donors (Lipinski definition) is 1. The van der Waals surface area contributed by atoms with Gasteiger partial charge in [-0.25, -0.2) is 0 Å². The molecule has 2 rings (SSSR count). The van der Waals surface area contributed by atoms with E-state index < -0.39 is 0 Å². The van der Waals surface area contributed by atoms with E-state index in [9.17, 15) is 4.79 Å². The van der Waals surface area contributed by atoms with Crippen LogP contribution < -0.4 is 14.8 Å². The van der Waals surface area contributed by atoms with E-state index in [1.54, 1.807) is 6.07 Å². The van der Waals surface area contributed by atoms with Crippen LogP contribution in [0.15, 0.2) is 42.5 Å². The highest BCUT2D eigenvalue weighted by molar-refractivity contribution is 6.31. The van der Waals surface area contributed by atoms with Crippen LogP contribution in [-0.4, -0.2) is 19.1 Å². The van der Waals surface area contributed by atoms with Gasteiger partial charge in [0.05, 0.1) is 25.7 Å². The predicted molar refractivity (Wildman–Crippen MR) is 100 cm³/mol. The van der Waals surface area contributed by atoms with E-state index in [2.05, 4.69) is 5.32 Å². The summed E-state index contributed by atoms with van der Waals surface area (Å²) in [6.45, 7) is 6.93. The van der Waals surface area contributed by atoms with Crippen LogP contribution in [0.5, 0.6) is 11.5 Å². The number of hydrogen-bond acceptors (Lipinski definition) is 3. The minimum Gasteiger partial charge on any atom is -0.490 e. The molecule has 1 atom stereocenters. The maximum atomic E-state index is 12.3. The molecule has 4 nitrogen and oxygen atoms in total. The van der Waals surface area contributed by atoms with Crippen LogP contribution in [-0.2, 0) is 11.2 Å². The first-order valence-electron chi connectivity index (χ1n) is 8.47. The third-order valence-electron chi connectivity index (χ3n) is 3.75. The molecule has 0 bridgehead atoms. The molecule has 1 amide bonds. The van der Waals surface area contributed by atoms with Crippen molar-refractivity contribution in [3.8, 4) is 11.5 Å². The molecular formula is C20H24ClNO3. The van der Waals surface area contributed by atoms with Gasteiger partial charge in [0.2, 0.25) is 5.91 Å². The first kappa shape index (κ1) is 19.1. The summed E-state index contributed by atoms with van der Waals surface area (Å²) in [6.07, 6.45) is 0.249. The minimum atomic E-state index is -0.148. The van der Waals surface area contributed by atoms with Crippen LogP contribution in [0.25, 0.3) is 0 Å². The average Bonchev–Trinajstić information content (AvgIpc) is 2.59. The first-order valence-corrected chi connectivity index (χ1v) is 8.85. The van der Waals surface area contributed by atoms with Gasteiger partial charge in [-0.2, -0.15) is 0 Å².